The van der Waals surface area contributed by atoms with Crippen molar-refractivity contribution < 1.29 is 9.53 Å². The van der Waals surface area contributed by atoms with Gasteiger partial charge in [-0.2, -0.15) is 0 Å². The predicted molar refractivity (Wildman–Crippen MR) is 89.9 cm³/mol. The largest absolute Gasteiger partial charge is 0.497 e. The fraction of sp³-hybridized carbons (Fsp3) is 0.562. The molecule has 2 N–H and O–H groups in total. The third-order valence-corrected chi connectivity index (χ3v) is 4.33. The van der Waals surface area contributed by atoms with E-state index in [9.17, 15) is 4.79 Å². The van der Waals surface area contributed by atoms with Crippen molar-refractivity contribution in [2.45, 2.75) is 31.3 Å². The van der Waals surface area contributed by atoms with Crippen LogP contribution in [0.25, 0.3) is 0 Å². The van der Waals surface area contributed by atoms with Gasteiger partial charge in [-0.1, -0.05) is 6.07 Å². The molecule has 2 unspecified atom stereocenters. The average Bonchev–Trinajstić information content (AvgIpc) is 2.82. The van der Waals surface area contributed by atoms with Gasteiger partial charge in [-0.15, -0.1) is 12.4 Å². The molecule has 2 atom stereocenters. The van der Waals surface area contributed by atoms with Crippen molar-refractivity contribution in [3.05, 3.63) is 24.3 Å². The monoisotopic (exact) mass is 325 g/mol. The van der Waals surface area contributed by atoms with Crippen LogP contribution in [0, 0.1) is 0 Å². The number of methoxy groups -OCH3 is 1. The molecule has 0 saturated carbocycles. The maximum atomic E-state index is 12.2. The molecule has 1 aromatic carbocycles. The predicted octanol–water partition coefficient (Wildman–Crippen LogP) is 1.88. The molecule has 2 aliphatic rings. The molecule has 0 aliphatic carbocycles. The van der Waals surface area contributed by atoms with Crippen LogP contribution in [0.1, 0.15) is 19.3 Å². The first kappa shape index (κ1) is 17.1. The summed E-state index contributed by atoms with van der Waals surface area (Å²) in [5.41, 5.74) is 0.786. The molecule has 2 heterocycles. The summed E-state index contributed by atoms with van der Waals surface area (Å²) in [5.74, 6) is 0.796. The lowest BCUT2D eigenvalue weighted by atomic mass is 10.1. The summed E-state index contributed by atoms with van der Waals surface area (Å²) < 4.78 is 5.17. The second-order valence-electron chi connectivity index (χ2n) is 5.94. The number of hydrogen-bond donors (Lipinski definition) is 2. The number of carbonyl (C=O) groups is 1. The summed E-state index contributed by atoms with van der Waals surface area (Å²) >= 11 is 0. The van der Waals surface area contributed by atoms with Crippen LogP contribution in [-0.2, 0) is 4.79 Å². The van der Waals surface area contributed by atoms with Crippen molar-refractivity contribution in [2.24, 2.45) is 0 Å². The summed E-state index contributed by atoms with van der Waals surface area (Å²) in [7, 11) is 1.63. The zero-order valence-corrected chi connectivity index (χ0v) is 13.7. The summed E-state index contributed by atoms with van der Waals surface area (Å²) in [6.07, 6.45) is 3.66. The molecule has 2 fully saturated rings. The Hall–Kier alpha value is -1.30. The number of likely N-dealkylation sites (tertiary alicyclic amines) is 1. The summed E-state index contributed by atoms with van der Waals surface area (Å²) in [5, 5.41) is 6.58. The second kappa shape index (κ2) is 7.81. The molecule has 6 heteroatoms. The number of nitrogens with one attached hydrogen (secondary N) is 2. The summed E-state index contributed by atoms with van der Waals surface area (Å²) in [4.78, 5) is 14.4. The van der Waals surface area contributed by atoms with Crippen LogP contribution in [0.2, 0.25) is 0 Å². The first-order valence-corrected chi connectivity index (χ1v) is 7.65. The number of rotatable bonds is 4. The van der Waals surface area contributed by atoms with Crippen LogP contribution in [0.5, 0.6) is 5.75 Å². The summed E-state index contributed by atoms with van der Waals surface area (Å²) in [6, 6.07) is 8.68. The number of benzene rings is 1. The minimum absolute atomic E-state index is 0. The second-order valence-corrected chi connectivity index (χ2v) is 5.94. The van der Waals surface area contributed by atoms with Crippen LogP contribution in [-0.4, -0.2) is 49.6 Å². The molecule has 122 valence electrons. The fourth-order valence-corrected chi connectivity index (χ4v) is 3.26. The minimum Gasteiger partial charge on any atom is -0.497 e. The quantitative estimate of drug-likeness (QED) is 0.887. The Kier molecular flexibility index (Phi) is 6.06. The first-order valence-electron chi connectivity index (χ1n) is 7.65. The topological polar surface area (TPSA) is 53.6 Å². The highest BCUT2D eigenvalue weighted by molar-refractivity contribution is 5.92. The van der Waals surface area contributed by atoms with Gasteiger partial charge in [0.2, 0.25) is 5.91 Å². The molecule has 2 aliphatic heterocycles. The highest BCUT2D eigenvalue weighted by atomic mass is 35.5. The van der Waals surface area contributed by atoms with E-state index < -0.39 is 0 Å². The van der Waals surface area contributed by atoms with Gasteiger partial charge in [0.15, 0.2) is 0 Å². The maximum absolute atomic E-state index is 12.2. The number of ether oxygens (including phenoxy) is 1. The molecule has 1 amide bonds. The van der Waals surface area contributed by atoms with Crippen molar-refractivity contribution in [3.8, 4) is 5.75 Å². The van der Waals surface area contributed by atoms with E-state index in [1.165, 1.54) is 12.8 Å². The third-order valence-electron chi connectivity index (χ3n) is 4.33. The average molecular weight is 326 g/mol. The van der Waals surface area contributed by atoms with Crippen molar-refractivity contribution >= 4 is 24.0 Å². The molecular weight excluding hydrogens is 302 g/mol. The van der Waals surface area contributed by atoms with Crippen LogP contribution in [0.4, 0.5) is 5.69 Å². The zero-order valence-electron chi connectivity index (χ0n) is 12.9. The Morgan fingerprint density at radius 3 is 3.00 bits per heavy atom. The highest BCUT2D eigenvalue weighted by Crippen LogP contribution is 2.20. The van der Waals surface area contributed by atoms with Crippen molar-refractivity contribution in [1.29, 1.82) is 0 Å². The number of amides is 1. The lowest BCUT2D eigenvalue weighted by molar-refractivity contribution is -0.117. The van der Waals surface area contributed by atoms with Crippen LogP contribution in [0.3, 0.4) is 0 Å². The molecule has 5 nitrogen and oxygen atoms in total. The number of carbonyl (C=O) groups excluding carboxylic acids is 1. The Morgan fingerprint density at radius 2 is 2.18 bits per heavy atom. The van der Waals surface area contributed by atoms with E-state index in [0.29, 0.717) is 18.6 Å². The SMILES string of the molecule is COc1cccc(NC(=O)CN2CCC3CCC(C2)N3)c1.Cl. The number of anilines is 1. The highest BCUT2D eigenvalue weighted by Gasteiger charge is 2.29. The van der Waals surface area contributed by atoms with Gasteiger partial charge in [0, 0.05) is 36.9 Å². The fourth-order valence-electron chi connectivity index (χ4n) is 3.26. The molecule has 0 aromatic heterocycles. The molecule has 1 aromatic rings. The Morgan fingerprint density at radius 1 is 1.36 bits per heavy atom. The van der Waals surface area contributed by atoms with Crippen molar-refractivity contribution in [2.75, 3.05) is 32.1 Å². The van der Waals surface area contributed by atoms with E-state index >= 15 is 0 Å². The number of nitrogens with zero attached hydrogens (tertiary/aromatic N) is 1. The van der Waals surface area contributed by atoms with E-state index in [2.05, 4.69) is 15.5 Å². The Balaban J connectivity index is 0.00000176. The Labute approximate surface area is 137 Å². The lowest BCUT2D eigenvalue weighted by Crippen LogP contribution is -2.39. The van der Waals surface area contributed by atoms with Gasteiger partial charge >= 0.3 is 0 Å². The molecule has 3 rings (SSSR count). The summed E-state index contributed by atoms with van der Waals surface area (Å²) in [6.45, 7) is 2.43. The maximum Gasteiger partial charge on any atom is 0.238 e. The standard InChI is InChI=1S/C16H23N3O2.ClH/c1-21-15-4-2-3-13(9-15)18-16(20)11-19-8-7-12-5-6-14(10-19)17-12;/h2-4,9,12,14,17H,5-8,10-11H2,1H3,(H,18,20);1H. The van der Waals surface area contributed by atoms with Crippen LogP contribution >= 0.6 is 12.4 Å². The van der Waals surface area contributed by atoms with Crippen LogP contribution in [0.15, 0.2) is 24.3 Å². The van der Waals surface area contributed by atoms with Gasteiger partial charge in [-0.05, 0) is 31.4 Å². The smallest absolute Gasteiger partial charge is 0.238 e. The van der Waals surface area contributed by atoms with Gasteiger partial charge in [0.1, 0.15) is 5.75 Å². The van der Waals surface area contributed by atoms with Crippen LogP contribution < -0.4 is 15.4 Å². The van der Waals surface area contributed by atoms with E-state index in [4.69, 9.17) is 4.74 Å². The van der Waals surface area contributed by atoms with E-state index in [0.717, 1.165) is 30.9 Å². The normalized spacial score (nSPS) is 24.2. The molecule has 2 bridgehead atoms. The first-order chi connectivity index (χ1) is 10.2. The lowest BCUT2D eigenvalue weighted by Gasteiger charge is -2.23. The van der Waals surface area contributed by atoms with Gasteiger partial charge < -0.3 is 15.4 Å². The molecular formula is C16H24ClN3O2. The Bertz CT molecular complexity index is 512. The van der Waals surface area contributed by atoms with E-state index in [1.54, 1.807) is 7.11 Å². The third kappa shape index (κ3) is 4.35. The number of hydrogen-bond acceptors (Lipinski definition) is 4. The molecule has 0 radical (unpaired) electrons. The van der Waals surface area contributed by atoms with Gasteiger partial charge in [0.05, 0.1) is 13.7 Å². The van der Waals surface area contributed by atoms with E-state index in [-0.39, 0.29) is 18.3 Å². The van der Waals surface area contributed by atoms with Gasteiger partial charge in [-0.25, -0.2) is 0 Å². The van der Waals surface area contributed by atoms with Gasteiger partial charge in [0.25, 0.3) is 0 Å². The number of halogens is 1. The number of fused-ring (bicyclic) bond motifs is 2. The van der Waals surface area contributed by atoms with Gasteiger partial charge in [-0.3, -0.25) is 9.69 Å². The zero-order chi connectivity index (χ0) is 14.7. The van der Waals surface area contributed by atoms with Crippen molar-refractivity contribution in [1.82, 2.24) is 10.2 Å². The molecule has 0 spiro atoms. The van der Waals surface area contributed by atoms with E-state index in [1.807, 2.05) is 24.3 Å². The van der Waals surface area contributed by atoms with Crippen molar-refractivity contribution in [3.63, 3.8) is 0 Å². The minimum atomic E-state index is 0. The molecule has 2 saturated heterocycles. The molecule has 22 heavy (non-hydrogen) atoms.